The highest BCUT2D eigenvalue weighted by Gasteiger charge is 2.19. The lowest BCUT2D eigenvalue weighted by atomic mass is 9.89. The van der Waals surface area contributed by atoms with Crippen LogP contribution < -0.4 is 5.73 Å². The molecule has 0 bridgehead atoms. The van der Waals surface area contributed by atoms with Crippen LogP contribution in [0.3, 0.4) is 0 Å². The van der Waals surface area contributed by atoms with Crippen LogP contribution in [0.15, 0.2) is 18.3 Å². The Morgan fingerprint density at radius 3 is 2.94 bits per heavy atom. The number of nitrogens with two attached hydrogens (primary N) is 1. The van der Waals surface area contributed by atoms with Crippen LogP contribution in [0.25, 0.3) is 5.65 Å². The molecule has 4 nitrogen and oxygen atoms in total. The van der Waals surface area contributed by atoms with Crippen molar-refractivity contribution in [1.82, 2.24) is 14.6 Å². The fourth-order valence-corrected chi connectivity index (χ4v) is 1.63. The minimum absolute atomic E-state index is 0.0226. The van der Waals surface area contributed by atoms with Gasteiger partial charge in [-0.05, 0) is 18.0 Å². The summed E-state index contributed by atoms with van der Waals surface area (Å²) < 4.78 is 1.73. The Kier molecular flexibility index (Phi) is 2.86. The van der Waals surface area contributed by atoms with Crippen LogP contribution >= 0.6 is 11.6 Å². The summed E-state index contributed by atoms with van der Waals surface area (Å²) in [5.41, 5.74) is 6.49. The van der Waals surface area contributed by atoms with Crippen molar-refractivity contribution in [2.24, 2.45) is 11.1 Å². The summed E-state index contributed by atoms with van der Waals surface area (Å²) in [5, 5.41) is 5.05. The molecule has 2 rings (SSSR count). The Morgan fingerprint density at radius 1 is 1.50 bits per heavy atom. The lowest BCUT2D eigenvalue weighted by Gasteiger charge is -2.19. The van der Waals surface area contributed by atoms with Crippen LogP contribution in [0.5, 0.6) is 0 Å². The van der Waals surface area contributed by atoms with Crippen LogP contribution in [-0.4, -0.2) is 21.1 Å². The van der Waals surface area contributed by atoms with Crippen molar-refractivity contribution in [3.05, 3.63) is 29.2 Å². The highest BCUT2D eigenvalue weighted by atomic mass is 35.5. The van der Waals surface area contributed by atoms with E-state index in [-0.39, 0.29) is 5.41 Å². The third kappa shape index (κ3) is 2.33. The van der Waals surface area contributed by atoms with Gasteiger partial charge in [-0.2, -0.15) is 5.10 Å². The first-order valence-electron chi connectivity index (χ1n) is 5.21. The van der Waals surface area contributed by atoms with Crippen LogP contribution in [0, 0.1) is 5.41 Å². The van der Waals surface area contributed by atoms with E-state index in [9.17, 15) is 0 Å². The SMILES string of the molecule is CC(C)(CN)Cc1nc2cc(Cl)ccn2n1. The largest absolute Gasteiger partial charge is 0.330 e. The van der Waals surface area contributed by atoms with E-state index in [4.69, 9.17) is 17.3 Å². The molecule has 0 spiro atoms. The number of aromatic nitrogens is 3. The van der Waals surface area contributed by atoms with Crippen molar-refractivity contribution in [2.75, 3.05) is 6.54 Å². The predicted octanol–water partition coefficient (Wildman–Crippen LogP) is 1.91. The number of halogens is 1. The highest BCUT2D eigenvalue weighted by molar-refractivity contribution is 6.30. The lowest BCUT2D eigenvalue weighted by molar-refractivity contribution is 0.368. The van der Waals surface area contributed by atoms with Gasteiger partial charge < -0.3 is 5.73 Å². The van der Waals surface area contributed by atoms with E-state index in [0.29, 0.717) is 11.6 Å². The summed E-state index contributed by atoms with van der Waals surface area (Å²) in [7, 11) is 0. The monoisotopic (exact) mass is 238 g/mol. The standard InChI is InChI=1S/C11H15ClN4/c1-11(2,7-13)6-9-14-10-5-8(12)3-4-16(10)15-9/h3-5H,6-7,13H2,1-2H3. The zero-order valence-corrected chi connectivity index (χ0v) is 10.2. The summed E-state index contributed by atoms with van der Waals surface area (Å²) in [4.78, 5) is 4.42. The van der Waals surface area contributed by atoms with Gasteiger partial charge in [0.05, 0.1) is 0 Å². The molecule has 86 valence electrons. The molecule has 2 heterocycles. The fraction of sp³-hybridized carbons (Fsp3) is 0.455. The second-order valence-electron chi connectivity index (χ2n) is 4.72. The zero-order chi connectivity index (χ0) is 11.8. The van der Waals surface area contributed by atoms with Gasteiger partial charge in [-0.3, -0.25) is 0 Å². The quantitative estimate of drug-likeness (QED) is 0.889. The number of pyridine rings is 1. The molecule has 0 saturated carbocycles. The first-order chi connectivity index (χ1) is 7.50. The Balaban J connectivity index is 2.33. The van der Waals surface area contributed by atoms with Gasteiger partial charge in [0.1, 0.15) is 0 Å². The normalized spacial score (nSPS) is 12.2. The molecule has 0 fully saturated rings. The average molecular weight is 239 g/mol. The van der Waals surface area contributed by atoms with Crippen LogP contribution in [0.2, 0.25) is 5.02 Å². The van der Waals surface area contributed by atoms with E-state index in [2.05, 4.69) is 23.9 Å². The molecule has 0 radical (unpaired) electrons. The van der Waals surface area contributed by atoms with Crippen LogP contribution in [0.1, 0.15) is 19.7 Å². The molecule has 0 aliphatic heterocycles. The van der Waals surface area contributed by atoms with E-state index < -0.39 is 0 Å². The van der Waals surface area contributed by atoms with Crippen molar-refractivity contribution in [3.8, 4) is 0 Å². The molecule has 0 aliphatic carbocycles. The van der Waals surface area contributed by atoms with Gasteiger partial charge in [0.15, 0.2) is 11.5 Å². The summed E-state index contributed by atoms with van der Waals surface area (Å²) in [6.45, 7) is 4.82. The Hall–Kier alpha value is -1.13. The molecule has 0 aromatic carbocycles. The maximum atomic E-state index is 5.89. The van der Waals surface area contributed by atoms with E-state index in [1.807, 2.05) is 6.20 Å². The second kappa shape index (κ2) is 4.03. The number of rotatable bonds is 3. The van der Waals surface area contributed by atoms with E-state index in [1.165, 1.54) is 0 Å². The third-order valence-electron chi connectivity index (χ3n) is 2.53. The number of fused-ring (bicyclic) bond motifs is 1. The molecule has 16 heavy (non-hydrogen) atoms. The van der Waals surface area contributed by atoms with E-state index >= 15 is 0 Å². The fourth-order valence-electron chi connectivity index (χ4n) is 1.48. The molecule has 0 saturated heterocycles. The summed E-state index contributed by atoms with van der Waals surface area (Å²) >= 11 is 5.89. The van der Waals surface area contributed by atoms with Gasteiger partial charge in [-0.15, -0.1) is 0 Å². The minimum Gasteiger partial charge on any atom is -0.330 e. The Labute approximate surface area is 99.4 Å². The van der Waals surface area contributed by atoms with Crippen molar-refractivity contribution < 1.29 is 0 Å². The molecular weight excluding hydrogens is 224 g/mol. The number of hydrogen-bond donors (Lipinski definition) is 1. The molecule has 0 unspecified atom stereocenters. The van der Waals surface area contributed by atoms with Gasteiger partial charge in [0.2, 0.25) is 0 Å². The second-order valence-corrected chi connectivity index (χ2v) is 5.16. The molecule has 0 atom stereocenters. The summed E-state index contributed by atoms with van der Waals surface area (Å²) in [6.07, 6.45) is 2.58. The summed E-state index contributed by atoms with van der Waals surface area (Å²) in [6, 6.07) is 3.59. The van der Waals surface area contributed by atoms with Gasteiger partial charge in [-0.25, -0.2) is 9.50 Å². The van der Waals surface area contributed by atoms with Crippen molar-refractivity contribution in [2.45, 2.75) is 20.3 Å². The molecule has 5 heteroatoms. The Morgan fingerprint density at radius 2 is 2.25 bits per heavy atom. The molecule has 0 aliphatic rings. The van der Waals surface area contributed by atoms with Gasteiger partial charge >= 0.3 is 0 Å². The predicted molar refractivity (Wildman–Crippen MR) is 64.5 cm³/mol. The molecule has 2 aromatic rings. The topological polar surface area (TPSA) is 56.2 Å². The van der Waals surface area contributed by atoms with Crippen LogP contribution in [-0.2, 0) is 6.42 Å². The minimum atomic E-state index is 0.0226. The number of nitrogens with zero attached hydrogens (tertiary/aromatic N) is 3. The highest BCUT2D eigenvalue weighted by Crippen LogP contribution is 2.19. The van der Waals surface area contributed by atoms with Crippen molar-refractivity contribution >= 4 is 17.2 Å². The molecule has 2 aromatic heterocycles. The van der Waals surface area contributed by atoms with Gasteiger partial charge in [0.25, 0.3) is 0 Å². The Bertz CT molecular complexity index is 504. The maximum Gasteiger partial charge on any atom is 0.157 e. The maximum absolute atomic E-state index is 5.89. The van der Waals surface area contributed by atoms with Gasteiger partial charge in [0, 0.05) is 23.7 Å². The molecule has 0 amide bonds. The smallest absolute Gasteiger partial charge is 0.157 e. The first-order valence-corrected chi connectivity index (χ1v) is 5.59. The van der Waals surface area contributed by atoms with Gasteiger partial charge in [-0.1, -0.05) is 25.4 Å². The first kappa shape index (κ1) is 11.4. The average Bonchev–Trinajstić information content (AvgIpc) is 2.58. The lowest BCUT2D eigenvalue weighted by Crippen LogP contribution is -2.26. The van der Waals surface area contributed by atoms with E-state index in [1.54, 1.807) is 16.6 Å². The van der Waals surface area contributed by atoms with Crippen molar-refractivity contribution in [3.63, 3.8) is 0 Å². The molecule has 2 N–H and O–H groups in total. The van der Waals surface area contributed by atoms with Crippen LogP contribution in [0.4, 0.5) is 0 Å². The zero-order valence-electron chi connectivity index (χ0n) is 9.44. The van der Waals surface area contributed by atoms with E-state index in [0.717, 1.165) is 17.9 Å². The summed E-state index contributed by atoms with van der Waals surface area (Å²) in [5.74, 6) is 0.803. The van der Waals surface area contributed by atoms with Crippen molar-refractivity contribution in [1.29, 1.82) is 0 Å². The third-order valence-corrected chi connectivity index (χ3v) is 2.77. The number of hydrogen-bond acceptors (Lipinski definition) is 3. The molecular formula is C11H15ClN4.